The van der Waals surface area contributed by atoms with E-state index in [0.717, 1.165) is 14.9 Å². The van der Waals surface area contributed by atoms with Gasteiger partial charge in [-0.05, 0) is 35.9 Å². The standard InChI is InChI=1S/C15H15BrFNOS/c1-19-15-6-5-10(7-13(15)17)14(18)9-20-12-4-2-3-11(16)8-12/h2-8,14H,9,18H2,1H3. The fourth-order valence-corrected chi connectivity index (χ4v) is 3.25. The topological polar surface area (TPSA) is 35.2 Å². The van der Waals surface area contributed by atoms with Crippen LogP contribution in [-0.4, -0.2) is 12.9 Å². The van der Waals surface area contributed by atoms with Gasteiger partial charge in [0.25, 0.3) is 0 Å². The Kier molecular flexibility index (Phi) is 5.46. The van der Waals surface area contributed by atoms with Crippen molar-refractivity contribution in [2.45, 2.75) is 10.9 Å². The lowest BCUT2D eigenvalue weighted by Crippen LogP contribution is -2.13. The monoisotopic (exact) mass is 355 g/mol. The smallest absolute Gasteiger partial charge is 0.165 e. The van der Waals surface area contributed by atoms with Gasteiger partial charge in [-0.3, -0.25) is 0 Å². The van der Waals surface area contributed by atoms with Gasteiger partial charge in [0.05, 0.1) is 7.11 Å². The van der Waals surface area contributed by atoms with Crippen LogP contribution in [0.25, 0.3) is 0 Å². The van der Waals surface area contributed by atoms with Gasteiger partial charge in [-0.2, -0.15) is 0 Å². The molecule has 2 nitrogen and oxygen atoms in total. The molecular formula is C15H15BrFNOS. The summed E-state index contributed by atoms with van der Waals surface area (Å²) in [6, 6.07) is 12.6. The maximum atomic E-state index is 13.6. The van der Waals surface area contributed by atoms with Crippen molar-refractivity contribution < 1.29 is 9.13 Å². The number of thioether (sulfide) groups is 1. The van der Waals surface area contributed by atoms with E-state index in [9.17, 15) is 4.39 Å². The minimum Gasteiger partial charge on any atom is -0.494 e. The SMILES string of the molecule is COc1ccc(C(N)CSc2cccc(Br)c2)cc1F. The number of hydrogen-bond acceptors (Lipinski definition) is 3. The summed E-state index contributed by atoms with van der Waals surface area (Å²) < 4.78 is 19.6. The van der Waals surface area contributed by atoms with Gasteiger partial charge in [-0.1, -0.05) is 28.1 Å². The van der Waals surface area contributed by atoms with E-state index in [-0.39, 0.29) is 17.6 Å². The molecule has 106 valence electrons. The summed E-state index contributed by atoms with van der Waals surface area (Å²) in [5, 5.41) is 0. The Balaban J connectivity index is 2.01. The first kappa shape index (κ1) is 15.4. The molecule has 0 aliphatic rings. The Bertz CT molecular complexity index is 594. The summed E-state index contributed by atoms with van der Waals surface area (Å²) >= 11 is 5.08. The normalized spacial score (nSPS) is 12.2. The van der Waals surface area contributed by atoms with Gasteiger partial charge in [-0.15, -0.1) is 11.8 Å². The van der Waals surface area contributed by atoms with Crippen molar-refractivity contribution in [3.8, 4) is 5.75 Å². The van der Waals surface area contributed by atoms with E-state index in [1.807, 2.05) is 24.3 Å². The molecule has 0 bridgehead atoms. The largest absolute Gasteiger partial charge is 0.494 e. The van der Waals surface area contributed by atoms with Crippen molar-refractivity contribution in [1.29, 1.82) is 0 Å². The van der Waals surface area contributed by atoms with Crippen molar-refractivity contribution in [2.24, 2.45) is 5.73 Å². The molecule has 5 heteroatoms. The number of ether oxygens (including phenoxy) is 1. The number of methoxy groups -OCH3 is 1. The van der Waals surface area contributed by atoms with Crippen LogP contribution in [0.3, 0.4) is 0 Å². The van der Waals surface area contributed by atoms with Crippen LogP contribution in [0.4, 0.5) is 4.39 Å². The maximum Gasteiger partial charge on any atom is 0.165 e. The second-order valence-corrected chi connectivity index (χ2v) is 6.28. The molecule has 0 aromatic heterocycles. The Hall–Kier alpha value is -1.04. The molecule has 0 heterocycles. The number of hydrogen-bond donors (Lipinski definition) is 1. The molecular weight excluding hydrogens is 341 g/mol. The third kappa shape index (κ3) is 3.98. The lowest BCUT2D eigenvalue weighted by atomic mass is 10.1. The zero-order valence-corrected chi connectivity index (χ0v) is 13.4. The maximum absolute atomic E-state index is 13.6. The van der Waals surface area contributed by atoms with Crippen LogP contribution >= 0.6 is 27.7 Å². The summed E-state index contributed by atoms with van der Waals surface area (Å²) in [6.45, 7) is 0. The first-order chi connectivity index (χ1) is 9.60. The molecule has 0 saturated carbocycles. The molecule has 1 unspecified atom stereocenters. The zero-order valence-electron chi connectivity index (χ0n) is 11.0. The molecule has 0 aliphatic heterocycles. The molecule has 0 amide bonds. The summed E-state index contributed by atoms with van der Waals surface area (Å²) in [5.41, 5.74) is 6.87. The van der Waals surface area contributed by atoms with Crippen molar-refractivity contribution in [2.75, 3.05) is 12.9 Å². The van der Waals surface area contributed by atoms with Crippen LogP contribution in [0.1, 0.15) is 11.6 Å². The number of benzene rings is 2. The van der Waals surface area contributed by atoms with Crippen LogP contribution < -0.4 is 10.5 Å². The quantitative estimate of drug-likeness (QED) is 0.807. The average molecular weight is 356 g/mol. The third-order valence-corrected chi connectivity index (χ3v) is 4.44. The number of nitrogens with two attached hydrogens (primary N) is 1. The van der Waals surface area contributed by atoms with Gasteiger partial charge in [-0.25, -0.2) is 4.39 Å². The molecule has 2 rings (SSSR count). The summed E-state index contributed by atoms with van der Waals surface area (Å²) in [7, 11) is 1.45. The minimum atomic E-state index is -0.382. The predicted molar refractivity (Wildman–Crippen MR) is 84.7 cm³/mol. The highest BCUT2D eigenvalue weighted by molar-refractivity contribution is 9.10. The predicted octanol–water partition coefficient (Wildman–Crippen LogP) is 4.39. The molecule has 2 aromatic carbocycles. The van der Waals surface area contributed by atoms with E-state index in [0.29, 0.717) is 5.75 Å². The van der Waals surface area contributed by atoms with Gasteiger partial charge >= 0.3 is 0 Å². The molecule has 0 aliphatic carbocycles. The lowest BCUT2D eigenvalue weighted by molar-refractivity contribution is 0.386. The zero-order chi connectivity index (χ0) is 14.5. The van der Waals surface area contributed by atoms with E-state index in [1.165, 1.54) is 13.2 Å². The van der Waals surface area contributed by atoms with Gasteiger partial charge < -0.3 is 10.5 Å². The Labute approximate surface area is 130 Å². The Morgan fingerprint density at radius 1 is 1.30 bits per heavy atom. The van der Waals surface area contributed by atoms with Gasteiger partial charge in [0.15, 0.2) is 11.6 Å². The van der Waals surface area contributed by atoms with Crippen LogP contribution in [0.15, 0.2) is 51.8 Å². The Morgan fingerprint density at radius 2 is 2.10 bits per heavy atom. The van der Waals surface area contributed by atoms with Crippen LogP contribution in [0.5, 0.6) is 5.75 Å². The van der Waals surface area contributed by atoms with Crippen molar-refractivity contribution in [1.82, 2.24) is 0 Å². The molecule has 0 radical (unpaired) electrons. The van der Waals surface area contributed by atoms with Gasteiger partial charge in [0.2, 0.25) is 0 Å². The Morgan fingerprint density at radius 3 is 2.75 bits per heavy atom. The summed E-state index contributed by atoms with van der Waals surface area (Å²) in [5.74, 6) is 0.538. The first-order valence-corrected chi connectivity index (χ1v) is 7.85. The number of halogens is 2. The minimum absolute atomic E-state index is 0.223. The molecule has 1 atom stereocenters. The average Bonchev–Trinajstić information content (AvgIpc) is 2.44. The van der Waals surface area contributed by atoms with E-state index < -0.39 is 0 Å². The van der Waals surface area contributed by atoms with E-state index >= 15 is 0 Å². The van der Waals surface area contributed by atoms with Crippen LogP contribution in [-0.2, 0) is 0 Å². The van der Waals surface area contributed by atoms with Gasteiger partial charge in [0.1, 0.15) is 0 Å². The van der Waals surface area contributed by atoms with E-state index in [1.54, 1.807) is 23.9 Å². The second kappa shape index (κ2) is 7.11. The second-order valence-electron chi connectivity index (χ2n) is 4.27. The van der Waals surface area contributed by atoms with E-state index in [2.05, 4.69) is 15.9 Å². The highest BCUT2D eigenvalue weighted by Crippen LogP contribution is 2.27. The van der Waals surface area contributed by atoms with Crippen LogP contribution in [0, 0.1) is 5.82 Å². The molecule has 0 saturated heterocycles. The molecule has 20 heavy (non-hydrogen) atoms. The van der Waals surface area contributed by atoms with Gasteiger partial charge in [0, 0.05) is 21.2 Å². The fourth-order valence-electron chi connectivity index (χ4n) is 1.75. The highest BCUT2D eigenvalue weighted by atomic mass is 79.9. The first-order valence-electron chi connectivity index (χ1n) is 6.07. The molecule has 0 fully saturated rings. The van der Waals surface area contributed by atoms with Crippen molar-refractivity contribution >= 4 is 27.7 Å². The lowest BCUT2D eigenvalue weighted by Gasteiger charge is -2.13. The van der Waals surface area contributed by atoms with Crippen molar-refractivity contribution in [3.05, 3.63) is 58.3 Å². The van der Waals surface area contributed by atoms with E-state index in [4.69, 9.17) is 10.5 Å². The molecule has 0 spiro atoms. The molecule has 2 aromatic rings. The highest BCUT2D eigenvalue weighted by Gasteiger charge is 2.10. The fraction of sp³-hybridized carbons (Fsp3) is 0.200. The summed E-state index contributed by atoms with van der Waals surface area (Å²) in [6.07, 6.45) is 0. The summed E-state index contributed by atoms with van der Waals surface area (Å²) in [4.78, 5) is 1.13. The van der Waals surface area contributed by atoms with Crippen LogP contribution in [0.2, 0.25) is 0 Å². The van der Waals surface area contributed by atoms with Crippen molar-refractivity contribution in [3.63, 3.8) is 0 Å². The molecule has 2 N–H and O–H groups in total. The third-order valence-electron chi connectivity index (χ3n) is 2.83. The number of rotatable bonds is 5.